The van der Waals surface area contributed by atoms with Gasteiger partial charge in [0.05, 0.1) is 12.5 Å². The molecule has 0 spiro atoms. The highest BCUT2D eigenvalue weighted by Crippen LogP contribution is 2.23. The summed E-state index contributed by atoms with van der Waals surface area (Å²) in [7, 11) is 0. The number of likely N-dealkylation sites (tertiary alicyclic amines) is 1. The maximum Gasteiger partial charge on any atom is 0.227 e. The number of ether oxygens (including phenoxy) is 1. The van der Waals surface area contributed by atoms with E-state index < -0.39 is 0 Å². The van der Waals surface area contributed by atoms with Crippen molar-refractivity contribution in [1.29, 1.82) is 0 Å². The molecule has 1 aromatic rings. The van der Waals surface area contributed by atoms with Gasteiger partial charge in [0.15, 0.2) is 0 Å². The van der Waals surface area contributed by atoms with Crippen molar-refractivity contribution in [1.82, 2.24) is 4.90 Å². The van der Waals surface area contributed by atoms with Gasteiger partial charge in [0.2, 0.25) is 5.91 Å². The summed E-state index contributed by atoms with van der Waals surface area (Å²) in [5.74, 6) is 1.65. The Hall–Kier alpha value is -1.26. The molecule has 2 atom stereocenters. The lowest BCUT2D eigenvalue weighted by Gasteiger charge is -2.38. The first-order valence-electron chi connectivity index (χ1n) is 8.24. The van der Waals surface area contributed by atoms with Gasteiger partial charge in [0.1, 0.15) is 5.75 Å². The Labute approximate surface area is 145 Å². The van der Waals surface area contributed by atoms with Gasteiger partial charge in [-0.15, -0.1) is 12.4 Å². The molecule has 2 unspecified atom stereocenters. The summed E-state index contributed by atoms with van der Waals surface area (Å²) in [4.78, 5) is 14.6. The Morgan fingerprint density at radius 2 is 2.17 bits per heavy atom. The smallest absolute Gasteiger partial charge is 0.227 e. The van der Waals surface area contributed by atoms with Crippen molar-refractivity contribution in [3.8, 4) is 5.75 Å². The summed E-state index contributed by atoms with van der Waals surface area (Å²) in [5.41, 5.74) is 6.85. The number of benzene rings is 1. The normalized spacial score (nSPS) is 21.0. The lowest BCUT2D eigenvalue weighted by atomic mass is 9.92. The molecule has 1 fully saturated rings. The number of amides is 1. The van der Waals surface area contributed by atoms with E-state index in [2.05, 4.69) is 6.92 Å². The van der Waals surface area contributed by atoms with E-state index in [1.165, 1.54) is 0 Å². The van der Waals surface area contributed by atoms with Gasteiger partial charge < -0.3 is 15.4 Å². The predicted molar refractivity (Wildman–Crippen MR) is 96.1 cm³/mol. The number of halogens is 1. The summed E-state index contributed by atoms with van der Waals surface area (Å²) in [5, 5.41) is 0. The monoisotopic (exact) mass is 340 g/mol. The number of hydrogen-bond donors (Lipinski definition) is 1. The van der Waals surface area contributed by atoms with Crippen LogP contribution in [0.2, 0.25) is 0 Å². The molecule has 130 valence electrons. The molecule has 2 N–H and O–H groups in total. The Morgan fingerprint density at radius 1 is 1.43 bits per heavy atom. The molecule has 1 amide bonds. The summed E-state index contributed by atoms with van der Waals surface area (Å²) < 4.78 is 5.69. The van der Waals surface area contributed by atoms with Crippen molar-refractivity contribution in [3.63, 3.8) is 0 Å². The lowest BCUT2D eigenvalue weighted by molar-refractivity contribution is -0.134. The number of piperidine rings is 1. The third-order valence-electron chi connectivity index (χ3n) is 4.20. The maximum absolute atomic E-state index is 12.6. The van der Waals surface area contributed by atoms with Crippen LogP contribution in [0, 0.1) is 5.92 Å². The van der Waals surface area contributed by atoms with Crippen LogP contribution in [-0.4, -0.2) is 36.0 Å². The van der Waals surface area contributed by atoms with E-state index in [0.717, 1.165) is 30.7 Å². The largest absolute Gasteiger partial charge is 0.491 e. The van der Waals surface area contributed by atoms with Crippen LogP contribution >= 0.6 is 12.4 Å². The molecule has 0 saturated carbocycles. The Bertz CT molecular complexity index is 508. The van der Waals surface area contributed by atoms with Gasteiger partial charge in [0.25, 0.3) is 0 Å². The van der Waals surface area contributed by atoms with Crippen LogP contribution in [0.4, 0.5) is 0 Å². The molecule has 4 nitrogen and oxygen atoms in total. The fourth-order valence-electron chi connectivity index (χ4n) is 3.08. The van der Waals surface area contributed by atoms with Crippen molar-refractivity contribution >= 4 is 18.3 Å². The van der Waals surface area contributed by atoms with Crippen LogP contribution in [0.1, 0.15) is 39.2 Å². The van der Waals surface area contributed by atoms with Gasteiger partial charge in [-0.2, -0.15) is 0 Å². The van der Waals surface area contributed by atoms with Crippen LogP contribution in [0.5, 0.6) is 5.75 Å². The first kappa shape index (κ1) is 19.8. The van der Waals surface area contributed by atoms with Crippen molar-refractivity contribution in [2.45, 2.75) is 52.2 Å². The summed E-state index contributed by atoms with van der Waals surface area (Å²) in [6.45, 7) is 7.60. The number of carbonyl (C=O) groups is 1. The number of nitrogens with two attached hydrogens (primary N) is 1. The molecular formula is C18H29ClN2O2. The molecule has 1 aliphatic heterocycles. The number of carbonyl (C=O) groups excluding carboxylic acids is 1. The minimum Gasteiger partial charge on any atom is -0.491 e. The van der Waals surface area contributed by atoms with E-state index in [1.807, 2.05) is 43.0 Å². The van der Waals surface area contributed by atoms with E-state index >= 15 is 0 Å². The van der Waals surface area contributed by atoms with E-state index in [9.17, 15) is 4.79 Å². The minimum atomic E-state index is 0. The fourth-order valence-corrected chi connectivity index (χ4v) is 3.08. The van der Waals surface area contributed by atoms with Gasteiger partial charge in [-0.3, -0.25) is 4.79 Å². The molecule has 1 saturated heterocycles. The highest BCUT2D eigenvalue weighted by atomic mass is 35.5. The summed E-state index contributed by atoms with van der Waals surface area (Å²) in [6, 6.07) is 8.00. The SMILES string of the molecule is CC1CCN(C(=O)Cc2cccc(OC(C)C)c2)C(CN)C1.Cl. The van der Waals surface area contributed by atoms with Crippen molar-refractivity contribution < 1.29 is 9.53 Å². The second kappa shape index (κ2) is 9.14. The molecule has 23 heavy (non-hydrogen) atoms. The van der Waals surface area contributed by atoms with Crippen LogP contribution in [-0.2, 0) is 11.2 Å². The molecule has 1 aliphatic rings. The van der Waals surface area contributed by atoms with Crippen LogP contribution in [0.15, 0.2) is 24.3 Å². The third kappa shape index (κ3) is 5.70. The lowest BCUT2D eigenvalue weighted by Crippen LogP contribution is -2.49. The van der Waals surface area contributed by atoms with E-state index in [4.69, 9.17) is 10.5 Å². The van der Waals surface area contributed by atoms with Gasteiger partial charge in [-0.1, -0.05) is 19.1 Å². The molecule has 2 rings (SSSR count). The van der Waals surface area contributed by atoms with Crippen molar-refractivity contribution in [2.24, 2.45) is 11.7 Å². The average molecular weight is 341 g/mol. The Kier molecular flexibility index (Phi) is 7.86. The summed E-state index contributed by atoms with van der Waals surface area (Å²) in [6.07, 6.45) is 2.63. The van der Waals surface area contributed by atoms with Gasteiger partial charge in [-0.05, 0) is 50.3 Å². The van der Waals surface area contributed by atoms with Crippen LogP contribution in [0.25, 0.3) is 0 Å². The highest BCUT2D eigenvalue weighted by molar-refractivity contribution is 5.85. The van der Waals surface area contributed by atoms with E-state index in [1.54, 1.807) is 0 Å². The Morgan fingerprint density at radius 3 is 2.83 bits per heavy atom. The van der Waals surface area contributed by atoms with Gasteiger partial charge in [-0.25, -0.2) is 0 Å². The molecule has 0 radical (unpaired) electrons. The standard InChI is InChI=1S/C18H28N2O2.ClH/c1-13(2)22-17-6-4-5-15(10-17)11-18(21)20-8-7-14(3)9-16(20)12-19;/h4-6,10,13-14,16H,7-9,11-12,19H2,1-3H3;1H. The molecule has 0 aromatic heterocycles. The van der Waals surface area contributed by atoms with E-state index in [0.29, 0.717) is 18.9 Å². The number of rotatable bonds is 5. The summed E-state index contributed by atoms with van der Waals surface area (Å²) >= 11 is 0. The predicted octanol–water partition coefficient (Wildman–Crippen LogP) is 3.02. The zero-order valence-corrected chi connectivity index (χ0v) is 15.1. The second-order valence-corrected chi connectivity index (χ2v) is 6.60. The van der Waals surface area contributed by atoms with Crippen LogP contribution in [0.3, 0.4) is 0 Å². The van der Waals surface area contributed by atoms with Crippen molar-refractivity contribution in [3.05, 3.63) is 29.8 Å². The molecule has 5 heteroatoms. The maximum atomic E-state index is 12.6. The fraction of sp³-hybridized carbons (Fsp3) is 0.611. The number of hydrogen-bond acceptors (Lipinski definition) is 3. The first-order chi connectivity index (χ1) is 10.5. The van der Waals surface area contributed by atoms with Gasteiger partial charge in [0, 0.05) is 19.1 Å². The minimum absolute atomic E-state index is 0. The molecule has 1 aromatic carbocycles. The van der Waals surface area contributed by atoms with Crippen LogP contribution < -0.4 is 10.5 Å². The third-order valence-corrected chi connectivity index (χ3v) is 4.20. The average Bonchev–Trinajstić information content (AvgIpc) is 2.46. The topological polar surface area (TPSA) is 55.6 Å². The quantitative estimate of drug-likeness (QED) is 0.896. The zero-order valence-electron chi connectivity index (χ0n) is 14.3. The zero-order chi connectivity index (χ0) is 16.1. The molecule has 0 aliphatic carbocycles. The Balaban J connectivity index is 0.00000264. The second-order valence-electron chi connectivity index (χ2n) is 6.60. The first-order valence-corrected chi connectivity index (χ1v) is 8.24. The highest BCUT2D eigenvalue weighted by Gasteiger charge is 2.28. The molecule has 0 bridgehead atoms. The molecule has 1 heterocycles. The van der Waals surface area contributed by atoms with Crippen molar-refractivity contribution in [2.75, 3.05) is 13.1 Å². The number of nitrogens with zero attached hydrogens (tertiary/aromatic N) is 1. The van der Waals surface area contributed by atoms with Gasteiger partial charge >= 0.3 is 0 Å². The molecular weight excluding hydrogens is 312 g/mol. The van der Waals surface area contributed by atoms with E-state index in [-0.39, 0.29) is 30.5 Å².